The molecule has 120 valence electrons. The summed E-state index contributed by atoms with van der Waals surface area (Å²) in [7, 11) is -4.25. The molecule has 0 aromatic heterocycles. The fraction of sp³-hybridized carbons (Fsp3) is 0.929. The fourth-order valence-corrected chi connectivity index (χ4v) is 5.46. The molecule has 7 heteroatoms. The molecule has 0 spiro atoms. The van der Waals surface area contributed by atoms with Crippen LogP contribution >= 0.6 is 0 Å². The third-order valence-corrected chi connectivity index (χ3v) is 6.48. The van der Waals surface area contributed by atoms with E-state index < -0.39 is 15.5 Å². The lowest BCUT2D eigenvalue weighted by atomic mass is 9.53. The van der Waals surface area contributed by atoms with Gasteiger partial charge in [-0.15, -0.1) is 0 Å². The van der Waals surface area contributed by atoms with Crippen molar-refractivity contribution in [2.24, 2.45) is 23.5 Å². The van der Waals surface area contributed by atoms with Crippen molar-refractivity contribution in [1.29, 1.82) is 0 Å². The van der Waals surface area contributed by atoms with Crippen LogP contribution in [0.1, 0.15) is 51.4 Å². The molecule has 1 unspecified atom stereocenters. The molecule has 4 aliphatic rings. The van der Waals surface area contributed by atoms with Crippen molar-refractivity contribution in [2.75, 3.05) is 0 Å². The first-order chi connectivity index (χ1) is 9.76. The minimum absolute atomic E-state index is 0.0444. The van der Waals surface area contributed by atoms with Gasteiger partial charge in [0.1, 0.15) is 5.37 Å². The monoisotopic (exact) mass is 316 g/mol. The predicted octanol–water partition coefficient (Wildman–Crippen LogP) is 1.02. The van der Waals surface area contributed by atoms with Gasteiger partial charge in [0.25, 0.3) is 10.1 Å². The molecule has 0 radical (unpaired) electrons. The van der Waals surface area contributed by atoms with Crippen LogP contribution < -0.4 is 11.1 Å². The highest BCUT2D eigenvalue weighted by Crippen LogP contribution is 2.55. The van der Waals surface area contributed by atoms with Crippen molar-refractivity contribution in [3.05, 3.63) is 0 Å². The van der Waals surface area contributed by atoms with Crippen LogP contribution in [0, 0.1) is 17.8 Å². The number of hydrogen-bond donors (Lipinski definition) is 3. The van der Waals surface area contributed by atoms with E-state index in [9.17, 15) is 13.2 Å². The van der Waals surface area contributed by atoms with Gasteiger partial charge in [-0.3, -0.25) is 9.35 Å². The van der Waals surface area contributed by atoms with E-state index in [1.54, 1.807) is 0 Å². The van der Waals surface area contributed by atoms with Crippen LogP contribution in [0.15, 0.2) is 0 Å². The zero-order valence-corrected chi connectivity index (χ0v) is 12.9. The number of carbonyl (C=O) groups excluding carboxylic acids is 1. The Kier molecular flexibility index (Phi) is 3.78. The minimum Gasteiger partial charge on any atom is -0.351 e. The van der Waals surface area contributed by atoms with Gasteiger partial charge in [0.05, 0.1) is 0 Å². The van der Waals surface area contributed by atoms with E-state index in [2.05, 4.69) is 5.32 Å². The average Bonchev–Trinajstić information content (AvgIpc) is 2.32. The van der Waals surface area contributed by atoms with E-state index in [4.69, 9.17) is 10.3 Å². The molecule has 6 nitrogen and oxygen atoms in total. The normalized spacial score (nSPS) is 39.2. The standard InChI is InChI=1S/C14H24N2O4S/c15-12(21(18,19)20)1-2-13(17)16-14-6-9-3-10(7-14)5-11(4-9)8-14/h9-12H,1-8,15H2,(H,16,17)(H,18,19,20). The third-order valence-electron chi connectivity index (χ3n) is 5.48. The summed E-state index contributed by atoms with van der Waals surface area (Å²) < 4.78 is 30.5. The molecule has 21 heavy (non-hydrogen) atoms. The summed E-state index contributed by atoms with van der Waals surface area (Å²) in [6.07, 6.45) is 7.12. The van der Waals surface area contributed by atoms with E-state index in [1.807, 2.05) is 0 Å². The second kappa shape index (κ2) is 5.21. The molecule has 0 saturated heterocycles. The molecule has 0 aromatic rings. The van der Waals surface area contributed by atoms with Crippen molar-refractivity contribution in [3.8, 4) is 0 Å². The number of carbonyl (C=O) groups is 1. The number of rotatable bonds is 5. The quantitative estimate of drug-likeness (QED) is 0.656. The molecule has 4 rings (SSSR count). The first kappa shape index (κ1) is 15.2. The summed E-state index contributed by atoms with van der Waals surface area (Å²) in [6, 6.07) is 0. The zero-order chi connectivity index (χ0) is 15.3. The van der Waals surface area contributed by atoms with Crippen LogP contribution in [0.3, 0.4) is 0 Å². The minimum atomic E-state index is -4.25. The van der Waals surface area contributed by atoms with Gasteiger partial charge in [-0.25, -0.2) is 0 Å². The summed E-state index contributed by atoms with van der Waals surface area (Å²) in [5.41, 5.74) is 5.28. The van der Waals surface area contributed by atoms with Crippen LogP contribution in [0.25, 0.3) is 0 Å². The van der Waals surface area contributed by atoms with Crippen LogP contribution in [0.4, 0.5) is 0 Å². The summed E-state index contributed by atoms with van der Waals surface area (Å²) in [6.45, 7) is 0. The Morgan fingerprint density at radius 1 is 1.19 bits per heavy atom. The SMILES string of the molecule is NC(CCC(=O)NC12CC3CC(CC(C3)C1)C2)S(=O)(=O)O. The van der Waals surface area contributed by atoms with Crippen molar-refractivity contribution >= 4 is 16.0 Å². The molecule has 0 heterocycles. The van der Waals surface area contributed by atoms with Gasteiger partial charge in [0.15, 0.2) is 0 Å². The first-order valence-corrected chi connectivity index (χ1v) is 9.29. The molecular formula is C14H24N2O4S. The first-order valence-electron chi connectivity index (χ1n) is 7.79. The van der Waals surface area contributed by atoms with Gasteiger partial charge in [-0.1, -0.05) is 0 Å². The van der Waals surface area contributed by atoms with Gasteiger partial charge in [0, 0.05) is 12.0 Å². The Bertz CT molecular complexity index is 496. The van der Waals surface area contributed by atoms with Gasteiger partial charge < -0.3 is 11.1 Å². The maximum absolute atomic E-state index is 12.1. The van der Waals surface area contributed by atoms with E-state index in [-0.39, 0.29) is 24.3 Å². The lowest BCUT2D eigenvalue weighted by Crippen LogP contribution is -2.59. The molecule has 1 atom stereocenters. The van der Waals surface area contributed by atoms with Gasteiger partial charge in [-0.2, -0.15) is 8.42 Å². The molecule has 4 fully saturated rings. The number of nitrogens with one attached hydrogen (secondary N) is 1. The Morgan fingerprint density at radius 3 is 2.10 bits per heavy atom. The number of hydrogen-bond acceptors (Lipinski definition) is 4. The highest BCUT2D eigenvalue weighted by atomic mass is 32.2. The van der Waals surface area contributed by atoms with E-state index in [1.165, 1.54) is 19.3 Å². The molecule has 4 N–H and O–H groups in total. The van der Waals surface area contributed by atoms with Crippen molar-refractivity contribution in [3.63, 3.8) is 0 Å². The van der Waals surface area contributed by atoms with Crippen LogP contribution in [-0.4, -0.2) is 29.8 Å². The van der Waals surface area contributed by atoms with E-state index >= 15 is 0 Å². The van der Waals surface area contributed by atoms with Gasteiger partial charge in [0.2, 0.25) is 5.91 Å². The second-order valence-electron chi connectivity index (χ2n) is 7.34. The average molecular weight is 316 g/mol. The molecule has 1 amide bonds. The Hall–Kier alpha value is -0.660. The Labute approximate surface area is 125 Å². The lowest BCUT2D eigenvalue weighted by molar-refractivity contribution is -0.126. The van der Waals surface area contributed by atoms with Crippen molar-refractivity contribution in [1.82, 2.24) is 5.32 Å². The predicted molar refractivity (Wildman–Crippen MR) is 77.8 cm³/mol. The van der Waals surface area contributed by atoms with Gasteiger partial charge in [-0.05, 0) is 62.7 Å². The fourth-order valence-electron chi connectivity index (χ4n) is 5.04. The molecule has 4 aliphatic carbocycles. The summed E-state index contributed by atoms with van der Waals surface area (Å²) in [5, 5.41) is 1.79. The molecular weight excluding hydrogens is 292 g/mol. The van der Waals surface area contributed by atoms with Crippen LogP contribution in [0.2, 0.25) is 0 Å². The van der Waals surface area contributed by atoms with Crippen molar-refractivity contribution in [2.45, 2.75) is 62.3 Å². The lowest BCUT2D eigenvalue weighted by Gasteiger charge is -2.56. The van der Waals surface area contributed by atoms with Crippen molar-refractivity contribution < 1.29 is 17.8 Å². The van der Waals surface area contributed by atoms with Gasteiger partial charge >= 0.3 is 0 Å². The second-order valence-corrected chi connectivity index (χ2v) is 8.97. The van der Waals surface area contributed by atoms with E-state index in [0.717, 1.165) is 37.0 Å². The Balaban J connectivity index is 1.56. The maximum Gasteiger partial charge on any atom is 0.280 e. The topological polar surface area (TPSA) is 109 Å². The number of nitrogens with two attached hydrogens (primary N) is 1. The third kappa shape index (κ3) is 3.24. The molecule has 0 aromatic carbocycles. The maximum atomic E-state index is 12.1. The highest BCUT2D eigenvalue weighted by Gasteiger charge is 2.51. The van der Waals surface area contributed by atoms with E-state index in [0.29, 0.717) is 0 Å². The molecule has 4 bridgehead atoms. The molecule has 0 aliphatic heterocycles. The molecule has 4 saturated carbocycles. The van der Waals surface area contributed by atoms with Crippen LogP contribution in [-0.2, 0) is 14.9 Å². The summed E-state index contributed by atoms with van der Waals surface area (Å²) in [4.78, 5) is 12.1. The zero-order valence-electron chi connectivity index (χ0n) is 12.1. The number of amides is 1. The highest BCUT2D eigenvalue weighted by molar-refractivity contribution is 7.86. The smallest absolute Gasteiger partial charge is 0.280 e. The summed E-state index contributed by atoms with van der Waals surface area (Å²) >= 11 is 0. The summed E-state index contributed by atoms with van der Waals surface area (Å²) in [5.74, 6) is 2.10. The van der Waals surface area contributed by atoms with Crippen LogP contribution in [0.5, 0.6) is 0 Å². The Morgan fingerprint density at radius 2 is 1.67 bits per heavy atom. The largest absolute Gasteiger partial charge is 0.351 e.